The van der Waals surface area contributed by atoms with Crippen molar-refractivity contribution < 1.29 is 9.59 Å². The van der Waals surface area contributed by atoms with Crippen LogP contribution < -0.4 is 10.6 Å². The predicted octanol–water partition coefficient (Wildman–Crippen LogP) is -0.345. The van der Waals surface area contributed by atoms with Gasteiger partial charge in [0.25, 0.3) is 0 Å². The largest absolute Gasteiger partial charge is 0.355 e. The van der Waals surface area contributed by atoms with Crippen molar-refractivity contribution in [1.82, 2.24) is 20.4 Å². The molecular weight excluding hydrogens is 268 g/mol. The van der Waals surface area contributed by atoms with Crippen LogP contribution in [0.5, 0.6) is 0 Å². The molecule has 0 radical (unpaired) electrons. The quantitative estimate of drug-likeness (QED) is 0.631. The van der Waals surface area contributed by atoms with E-state index < -0.39 is 0 Å². The summed E-state index contributed by atoms with van der Waals surface area (Å²) in [5, 5.41) is 5.88. The molecule has 2 atom stereocenters. The van der Waals surface area contributed by atoms with Crippen LogP contribution in [0.15, 0.2) is 0 Å². The van der Waals surface area contributed by atoms with Crippen LogP contribution in [0.4, 0.5) is 0 Å². The van der Waals surface area contributed by atoms with Crippen LogP contribution in [0, 0.1) is 5.92 Å². The smallest absolute Gasteiger partial charge is 0.225 e. The third kappa shape index (κ3) is 4.17. The number of carbonyl (C=O) groups excluding carboxylic acids is 2. The zero-order valence-corrected chi connectivity index (χ0v) is 13.2. The van der Waals surface area contributed by atoms with Crippen LogP contribution in [0.1, 0.15) is 26.2 Å². The highest BCUT2D eigenvalue weighted by atomic mass is 16.2. The fraction of sp³-hybridized carbons (Fsp3) is 0.867. The number of hydrogen-bond acceptors (Lipinski definition) is 4. The minimum absolute atomic E-state index is 0.0138. The Hall–Kier alpha value is -1.14. The lowest BCUT2D eigenvalue weighted by Crippen LogP contribution is -2.41. The van der Waals surface area contributed by atoms with E-state index in [1.165, 1.54) is 6.42 Å². The number of hydrogen-bond donors (Lipinski definition) is 2. The molecule has 21 heavy (non-hydrogen) atoms. The lowest BCUT2D eigenvalue weighted by atomic mass is 10.1. The van der Waals surface area contributed by atoms with Gasteiger partial charge in [0.1, 0.15) is 0 Å². The topological polar surface area (TPSA) is 64.7 Å². The van der Waals surface area contributed by atoms with Gasteiger partial charge in [-0.2, -0.15) is 0 Å². The lowest BCUT2D eigenvalue weighted by Gasteiger charge is -2.27. The van der Waals surface area contributed by atoms with Gasteiger partial charge in [-0.15, -0.1) is 0 Å². The number of rotatable bonds is 7. The van der Waals surface area contributed by atoms with E-state index in [4.69, 9.17) is 0 Å². The predicted molar refractivity (Wildman–Crippen MR) is 81.9 cm³/mol. The molecule has 0 bridgehead atoms. The van der Waals surface area contributed by atoms with Gasteiger partial charge in [-0.25, -0.2) is 0 Å². The zero-order chi connectivity index (χ0) is 15.2. The van der Waals surface area contributed by atoms with Crippen LogP contribution in [0.2, 0.25) is 0 Å². The molecule has 2 unspecified atom stereocenters. The van der Waals surface area contributed by atoms with Crippen LogP contribution in [-0.4, -0.2) is 74.0 Å². The first kappa shape index (κ1) is 16.2. The number of nitrogens with zero attached hydrogens (tertiary/aromatic N) is 2. The molecule has 6 heteroatoms. The summed E-state index contributed by atoms with van der Waals surface area (Å²) >= 11 is 0. The first-order valence-electron chi connectivity index (χ1n) is 8.09. The van der Waals surface area contributed by atoms with Gasteiger partial charge in [0.2, 0.25) is 11.8 Å². The highest BCUT2D eigenvalue weighted by molar-refractivity contribution is 5.89. The van der Waals surface area contributed by atoms with Gasteiger partial charge in [0, 0.05) is 38.6 Å². The molecule has 2 heterocycles. The van der Waals surface area contributed by atoms with Gasteiger partial charge in [0.15, 0.2) is 0 Å². The first-order chi connectivity index (χ1) is 10.2. The second-order valence-electron chi connectivity index (χ2n) is 6.02. The summed E-state index contributed by atoms with van der Waals surface area (Å²) < 4.78 is 0. The van der Waals surface area contributed by atoms with E-state index in [9.17, 15) is 9.59 Å². The van der Waals surface area contributed by atoms with Crippen LogP contribution >= 0.6 is 0 Å². The Morgan fingerprint density at radius 1 is 1.38 bits per heavy atom. The molecule has 120 valence electrons. The molecule has 0 spiro atoms. The van der Waals surface area contributed by atoms with Gasteiger partial charge >= 0.3 is 0 Å². The van der Waals surface area contributed by atoms with E-state index in [0.717, 1.165) is 32.6 Å². The van der Waals surface area contributed by atoms with Gasteiger partial charge in [-0.1, -0.05) is 6.92 Å². The third-order valence-electron chi connectivity index (χ3n) is 4.60. The van der Waals surface area contributed by atoms with E-state index in [-0.39, 0.29) is 17.7 Å². The van der Waals surface area contributed by atoms with Crippen molar-refractivity contribution in [1.29, 1.82) is 0 Å². The molecule has 0 aromatic carbocycles. The highest BCUT2D eigenvalue weighted by Crippen LogP contribution is 2.23. The minimum atomic E-state index is -0.175. The monoisotopic (exact) mass is 296 g/mol. The Balaban J connectivity index is 1.80. The molecule has 6 nitrogen and oxygen atoms in total. The van der Waals surface area contributed by atoms with Crippen LogP contribution in [-0.2, 0) is 9.59 Å². The van der Waals surface area contributed by atoms with Gasteiger partial charge in [-0.05, 0) is 33.0 Å². The fourth-order valence-electron chi connectivity index (χ4n) is 3.35. The summed E-state index contributed by atoms with van der Waals surface area (Å²) in [7, 11) is 1.86. The SMILES string of the molecule is CCN1CCCC1CN1CC(C(=O)NCCNC)CC1=O. The molecule has 2 rings (SSSR count). The summed E-state index contributed by atoms with van der Waals surface area (Å²) in [6.07, 6.45) is 2.75. The Bertz CT molecular complexity index is 375. The van der Waals surface area contributed by atoms with Crippen molar-refractivity contribution in [2.75, 3.05) is 46.3 Å². The van der Waals surface area contributed by atoms with Crippen LogP contribution in [0.3, 0.4) is 0 Å². The number of amides is 2. The molecule has 2 amide bonds. The van der Waals surface area contributed by atoms with Crippen LogP contribution in [0.25, 0.3) is 0 Å². The first-order valence-corrected chi connectivity index (χ1v) is 8.09. The van der Waals surface area contributed by atoms with E-state index in [0.29, 0.717) is 25.6 Å². The third-order valence-corrected chi connectivity index (χ3v) is 4.60. The fourth-order valence-corrected chi connectivity index (χ4v) is 3.35. The molecule has 0 aliphatic carbocycles. The average Bonchev–Trinajstić information content (AvgIpc) is 3.06. The molecule has 2 aliphatic rings. The lowest BCUT2D eigenvalue weighted by molar-refractivity contribution is -0.129. The number of likely N-dealkylation sites (N-methyl/N-ethyl adjacent to an activating group) is 2. The molecule has 2 N–H and O–H groups in total. The molecule has 2 fully saturated rings. The molecule has 2 aliphatic heterocycles. The second kappa shape index (κ2) is 7.75. The van der Waals surface area contributed by atoms with Crippen molar-refractivity contribution in [2.45, 2.75) is 32.2 Å². The summed E-state index contributed by atoms with van der Waals surface area (Å²) in [5.74, 6) is -0.0302. The number of nitrogens with one attached hydrogen (secondary N) is 2. The Labute approximate surface area is 127 Å². The standard InChI is InChI=1S/C15H28N4O2/c1-3-18-8-4-5-13(18)11-19-10-12(9-14(19)20)15(21)17-7-6-16-2/h12-13,16H,3-11H2,1-2H3,(H,17,21). The molecule has 0 saturated carbocycles. The number of likely N-dealkylation sites (tertiary alicyclic amines) is 2. The summed E-state index contributed by atoms with van der Waals surface area (Å²) in [5.41, 5.74) is 0. The van der Waals surface area contributed by atoms with Gasteiger partial charge < -0.3 is 15.5 Å². The van der Waals surface area contributed by atoms with E-state index >= 15 is 0 Å². The molecule has 0 aromatic rings. The average molecular weight is 296 g/mol. The van der Waals surface area contributed by atoms with E-state index in [1.54, 1.807) is 0 Å². The number of carbonyl (C=O) groups is 2. The van der Waals surface area contributed by atoms with Crippen molar-refractivity contribution in [3.8, 4) is 0 Å². The van der Waals surface area contributed by atoms with Gasteiger partial charge in [0.05, 0.1) is 5.92 Å². The molecular formula is C15H28N4O2. The molecule has 2 saturated heterocycles. The summed E-state index contributed by atoms with van der Waals surface area (Å²) in [6, 6.07) is 0.477. The van der Waals surface area contributed by atoms with Crippen molar-refractivity contribution in [3.05, 3.63) is 0 Å². The maximum atomic E-state index is 12.1. The zero-order valence-electron chi connectivity index (χ0n) is 13.2. The minimum Gasteiger partial charge on any atom is -0.355 e. The van der Waals surface area contributed by atoms with Crippen molar-refractivity contribution >= 4 is 11.8 Å². The second-order valence-corrected chi connectivity index (χ2v) is 6.02. The molecule has 0 aromatic heterocycles. The normalized spacial score (nSPS) is 26.6. The maximum absolute atomic E-state index is 12.1. The Morgan fingerprint density at radius 2 is 2.19 bits per heavy atom. The maximum Gasteiger partial charge on any atom is 0.225 e. The van der Waals surface area contributed by atoms with Gasteiger partial charge in [-0.3, -0.25) is 14.5 Å². The van der Waals surface area contributed by atoms with Crippen molar-refractivity contribution in [2.24, 2.45) is 5.92 Å². The summed E-state index contributed by atoms with van der Waals surface area (Å²) in [4.78, 5) is 28.5. The highest BCUT2D eigenvalue weighted by Gasteiger charge is 2.36. The Kier molecular flexibility index (Phi) is 5.99. The summed E-state index contributed by atoms with van der Waals surface area (Å²) in [6.45, 7) is 7.08. The van der Waals surface area contributed by atoms with Crippen molar-refractivity contribution in [3.63, 3.8) is 0 Å². The van der Waals surface area contributed by atoms with E-state index in [2.05, 4.69) is 22.5 Å². The van der Waals surface area contributed by atoms with E-state index in [1.807, 2.05) is 11.9 Å². The Morgan fingerprint density at radius 3 is 2.90 bits per heavy atom.